The van der Waals surface area contributed by atoms with E-state index in [0.717, 1.165) is 22.2 Å². The van der Waals surface area contributed by atoms with E-state index in [1.807, 2.05) is 54.7 Å². The van der Waals surface area contributed by atoms with Crippen LogP contribution in [0.25, 0.3) is 10.9 Å². The molecule has 0 bridgehead atoms. The van der Waals surface area contributed by atoms with E-state index in [9.17, 15) is 0 Å². The summed E-state index contributed by atoms with van der Waals surface area (Å²) in [5.74, 6) is 0.706. The number of aromatic amines is 1. The van der Waals surface area contributed by atoms with E-state index in [0.29, 0.717) is 12.3 Å². The fraction of sp³-hybridized carbons (Fsp3) is 0.125. The van der Waals surface area contributed by atoms with Crippen LogP contribution < -0.4 is 10.1 Å². The van der Waals surface area contributed by atoms with Crippen molar-refractivity contribution in [1.82, 2.24) is 10.2 Å². The Morgan fingerprint density at radius 2 is 2.05 bits per heavy atom. The van der Waals surface area contributed by atoms with E-state index >= 15 is 0 Å². The monoisotopic (exact) mass is 278 g/mol. The zero-order valence-corrected chi connectivity index (χ0v) is 11.3. The minimum atomic E-state index is 0.0695. The number of nitriles is 1. The summed E-state index contributed by atoms with van der Waals surface area (Å²) >= 11 is 0. The van der Waals surface area contributed by atoms with Gasteiger partial charge in [0.05, 0.1) is 11.7 Å². The molecule has 5 nitrogen and oxygen atoms in total. The van der Waals surface area contributed by atoms with Crippen molar-refractivity contribution in [1.29, 1.82) is 5.26 Å². The maximum Gasteiger partial charge on any atom is 0.174 e. The second-order valence-corrected chi connectivity index (χ2v) is 4.58. The number of hydrogen-bond acceptors (Lipinski definition) is 4. The topological polar surface area (TPSA) is 73.7 Å². The van der Waals surface area contributed by atoms with Crippen LogP contribution in [0.4, 0.5) is 5.69 Å². The van der Waals surface area contributed by atoms with Gasteiger partial charge in [0, 0.05) is 17.6 Å². The lowest BCUT2D eigenvalue weighted by atomic mass is 10.2. The summed E-state index contributed by atoms with van der Waals surface area (Å²) in [6, 6.07) is 15.7. The Bertz CT molecular complexity index is 771. The van der Waals surface area contributed by atoms with Gasteiger partial charge in [-0.25, -0.2) is 0 Å². The van der Waals surface area contributed by atoms with Crippen LogP contribution in [0.2, 0.25) is 0 Å². The molecule has 1 aromatic heterocycles. The Hall–Kier alpha value is -3.00. The average Bonchev–Trinajstić information content (AvgIpc) is 3.01. The molecule has 3 aromatic rings. The van der Waals surface area contributed by atoms with Gasteiger partial charge >= 0.3 is 0 Å². The number of fused-ring (bicyclic) bond motifs is 1. The largest absolute Gasteiger partial charge is 0.479 e. The van der Waals surface area contributed by atoms with Gasteiger partial charge in [-0.1, -0.05) is 18.2 Å². The first kappa shape index (κ1) is 13.0. The summed E-state index contributed by atoms with van der Waals surface area (Å²) in [6.45, 7) is 0.781. The van der Waals surface area contributed by atoms with Crippen molar-refractivity contribution >= 4 is 16.6 Å². The molecule has 0 unspecified atom stereocenters. The third kappa shape index (κ3) is 2.95. The normalized spacial score (nSPS) is 10.2. The Balaban J connectivity index is 1.67. The van der Waals surface area contributed by atoms with Gasteiger partial charge in [-0.15, -0.1) is 0 Å². The Labute approximate surface area is 122 Å². The third-order valence-corrected chi connectivity index (χ3v) is 3.19. The molecule has 21 heavy (non-hydrogen) atoms. The number of ether oxygens (including phenoxy) is 1. The molecular formula is C16H14N4O. The van der Waals surface area contributed by atoms with Crippen LogP contribution in [0, 0.1) is 11.3 Å². The number of benzene rings is 2. The molecule has 0 aliphatic heterocycles. The van der Waals surface area contributed by atoms with E-state index in [1.165, 1.54) is 0 Å². The predicted octanol–water partition coefficient (Wildman–Crippen LogP) is 3.08. The highest BCUT2D eigenvalue weighted by atomic mass is 16.5. The third-order valence-electron chi connectivity index (χ3n) is 3.19. The highest BCUT2D eigenvalue weighted by Gasteiger charge is 2.02. The number of H-pyrrole nitrogens is 1. The van der Waals surface area contributed by atoms with E-state index in [1.54, 1.807) is 0 Å². The maximum atomic E-state index is 8.47. The molecule has 0 atom stereocenters. The van der Waals surface area contributed by atoms with E-state index in [4.69, 9.17) is 10.00 Å². The minimum Gasteiger partial charge on any atom is -0.479 e. The summed E-state index contributed by atoms with van der Waals surface area (Å²) in [5.41, 5.74) is 3.20. The van der Waals surface area contributed by atoms with Crippen LogP contribution in [0.3, 0.4) is 0 Å². The molecular weight excluding hydrogens is 264 g/mol. The number of nitrogens with one attached hydrogen (secondary N) is 2. The Kier molecular flexibility index (Phi) is 3.70. The van der Waals surface area contributed by atoms with Crippen molar-refractivity contribution in [2.75, 3.05) is 11.9 Å². The minimum absolute atomic E-state index is 0.0695. The lowest BCUT2D eigenvalue weighted by molar-refractivity contribution is 0.368. The van der Waals surface area contributed by atoms with Crippen molar-refractivity contribution in [2.24, 2.45) is 0 Å². The second-order valence-electron chi connectivity index (χ2n) is 4.58. The van der Waals surface area contributed by atoms with Crippen LogP contribution in [0.5, 0.6) is 5.75 Å². The van der Waals surface area contributed by atoms with Gasteiger partial charge in [-0.05, 0) is 29.8 Å². The van der Waals surface area contributed by atoms with Crippen LogP contribution in [-0.2, 0) is 6.54 Å². The van der Waals surface area contributed by atoms with Crippen molar-refractivity contribution in [3.05, 3.63) is 54.2 Å². The van der Waals surface area contributed by atoms with Gasteiger partial charge in [0.1, 0.15) is 11.8 Å². The van der Waals surface area contributed by atoms with Crippen molar-refractivity contribution in [2.45, 2.75) is 6.54 Å². The molecule has 1 heterocycles. The predicted molar refractivity (Wildman–Crippen MR) is 81.0 cm³/mol. The molecule has 0 saturated heterocycles. The number of hydrogen-bond donors (Lipinski definition) is 2. The molecule has 3 rings (SSSR count). The molecule has 2 N–H and O–H groups in total. The summed E-state index contributed by atoms with van der Waals surface area (Å²) in [5, 5.41) is 19.9. The fourth-order valence-electron chi connectivity index (χ4n) is 2.14. The van der Waals surface area contributed by atoms with E-state index in [2.05, 4.69) is 15.5 Å². The first-order valence-electron chi connectivity index (χ1n) is 6.61. The SMILES string of the molecule is N#CCOc1ccc(CNc2cccc3[nH]ncc23)cc1. The summed E-state index contributed by atoms with van der Waals surface area (Å²) in [6.07, 6.45) is 1.82. The molecule has 0 saturated carbocycles. The highest BCUT2D eigenvalue weighted by Crippen LogP contribution is 2.22. The molecule has 0 spiro atoms. The van der Waals surface area contributed by atoms with Crippen molar-refractivity contribution in [3.63, 3.8) is 0 Å². The van der Waals surface area contributed by atoms with Crippen LogP contribution in [0.15, 0.2) is 48.7 Å². The molecule has 0 radical (unpaired) electrons. The first-order chi connectivity index (χ1) is 10.4. The summed E-state index contributed by atoms with van der Waals surface area (Å²) in [4.78, 5) is 0. The molecule has 5 heteroatoms. The van der Waals surface area contributed by atoms with Gasteiger partial charge in [-0.2, -0.15) is 10.4 Å². The van der Waals surface area contributed by atoms with Gasteiger partial charge in [0.2, 0.25) is 0 Å². The smallest absolute Gasteiger partial charge is 0.174 e. The molecule has 0 aliphatic carbocycles. The van der Waals surface area contributed by atoms with E-state index < -0.39 is 0 Å². The quantitative estimate of drug-likeness (QED) is 0.752. The van der Waals surface area contributed by atoms with Crippen LogP contribution in [-0.4, -0.2) is 16.8 Å². The Morgan fingerprint density at radius 1 is 1.19 bits per heavy atom. The van der Waals surface area contributed by atoms with E-state index in [-0.39, 0.29) is 6.61 Å². The fourth-order valence-corrected chi connectivity index (χ4v) is 2.14. The standard InChI is InChI=1S/C16H14N4O/c17-8-9-21-13-6-4-12(5-7-13)10-18-15-2-1-3-16-14(15)11-19-20-16/h1-7,11,18H,9-10H2,(H,19,20). The number of aromatic nitrogens is 2. The first-order valence-corrected chi connectivity index (χ1v) is 6.61. The number of nitrogens with zero attached hydrogens (tertiary/aromatic N) is 2. The van der Waals surface area contributed by atoms with Gasteiger partial charge in [0.25, 0.3) is 0 Å². The zero-order valence-electron chi connectivity index (χ0n) is 11.3. The molecule has 0 fully saturated rings. The van der Waals surface area contributed by atoms with Crippen molar-refractivity contribution in [3.8, 4) is 11.8 Å². The number of rotatable bonds is 5. The zero-order chi connectivity index (χ0) is 14.5. The number of anilines is 1. The molecule has 104 valence electrons. The molecule has 2 aromatic carbocycles. The van der Waals surface area contributed by atoms with Crippen LogP contribution in [0.1, 0.15) is 5.56 Å². The lowest BCUT2D eigenvalue weighted by Gasteiger charge is -2.08. The maximum absolute atomic E-state index is 8.47. The van der Waals surface area contributed by atoms with Gasteiger partial charge in [-0.3, -0.25) is 5.10 Å². The average molecular weight is 278 g/mol. The summed E-state index contributed by atoms with van der Waals surface area (Å²) in [7, 11) is 0. The van der Waals surface area contributed by atoms with Crippen molar-refractivity contribution < 1.29 is 4.74 Å². The second kappa shape index (κ2) is 5.97. The molecule has 0 aliphatic rings. The van der Waals surface area contributed by atoms with Gasteiger partial charge < -0.3 is 10.1 Å². The Morgan fingerprint density at radius 3 is 2.86 bits per heavy atom. The highest BCUT2D eigenvalue weighted by molar-refractivity contribution is 5.90. The molecule has 0 amide bonds. The lowest BCUT2D eigenvalue weighted by Crippen LogP contribution is -2.00. The summed E-state index contributed by atoms with van der Waals surface area (Å²) < 4.78 is 5.23. The van der Waals surface area contributed by atoms with Gasteiger partial charge in [0.15, 0.2) is 6.61 Å². The van der Waals surface area contributed by atoms with Crippen LogP contribution >= 0.6 is 0 Å².